The minimum absolute atomic E-state index is 0.0728. The summed E-state index contributed by atoms with van der Waals surface area (Å²) in [4.78, 5) is 4.32. The SMILES string of the molecule is Cn1c(Cl)cnc1CN[C@H]1CCCC[C@H]1n1cc(CO)nn1. The lowest BCUT2D eigenvalue weighted by Gasteiger charge is -2.32. The summed E-state index contributed by atoms with van der Waals surface area (Å²) in [6.45, 7) is 0.600. The van der Waals surface area contributed by atoms with Gasteiger partial charge in [0, 0.05) is 13.1 Å². The third kappa shape index (κ3) is 3.16. The Bertz CT molecular complexity index is 625. The Kier molecular flexibility index (Phi) is 4.75. The van der Waals surface area contributed by atoms with E-state index in [-0.39, 0.29) is 12.6 Å². The van der Waals surface area contributed by atoms with E-state index in [0.29, 0.717) is 23.4 Å². The molecule has 2 heterocycles. The summed E-state index contributed by atoms with van der Waals surface area (Å²) in [5.74, 6) is 0.920. The van der Waals surface area contributed by atoms with Crippen molar-refractivity contribution < 1.29 is 5.11 Å². The van der Waals surface area contributed by atoms with Crippen molar-refractivity contribution in [3.05, 3.63) is 29.1 Å². The molecule has 2 atom stereocenters. The highest BCUT2D eigenvalue weighted by Crippen LogP contribution is 2.28. The highest BCUT2D eigenvalue weighted by atomic mass is 35.5. The number of nitrogens with one attached hydrogen (secondary N) is 1. The Morgan fingerprint density at radius 1 is 1.41 bits per heavy atom. The van der Waals surface area contributed by atoms with Crippen molar-refractivity contribution in [1.82, 2.24) is 29.9 Å². The van der Waals surface area contributed by atoms with E-state index in [1.165, 1.54) is 12.8 Å². The maximum Gasteiger partial charge on any atom is 0.128 e. The average molecular weight is 325 g/mol. The Hall–Kier alpha value is -1.44. The minimum atomic E-state index is -0.0728. The number of hydrogen-bond donors (Lipinski definition) is 2. The molecule has 8 heteroatoms. The Balaban J connectivity index is 1.68. The lowest BCUT2D eigenvalue weighted by Crippen LogP contribution is -2.40. The molecule has 2 aromatic rings. The summed E-state index contributed by atoms with van der Waals surface area (Å²) >= 11 is 6.02. The van der Waals surface area contributed by atoms with Gasteiger partial charge in [-0.1, -0.05) is 29.7 Å². The number of aliphatic hydroxyl groups excluding tert-OH is 1. The van der Waals surface area contributed by atoms with E-state index in [4.69, 9.17) is 16.7 Å². The standard InChI is InChI=1S/C14H21ClN6O/c1-20-13(15)6-17-14(20)7-16-11-4-2-3-5-12(11)21-8-10(9-22)18-19-21/h6,8,11-12,16,22H,2-5,7,9H2,1H3/t11-,12+/m0/s1. The average Bonchev–Trinajstić information content (AvgIpc) is 3.14. The fourth-order valence-corrected chi connectivity index (χ4v) is 3.17. The number of hydrogen-bond acceptors (Lipinski definition) is 5. The zero-order valence-electron chi connectivity index (χ0n) is 12.6. The van der Waals surface area contributed by atoms with Crippen molar-refractivity contribution in [2.24, 2.45) is 7.05 Å². The molecule has 1 aliphatic rings. The first-order valence-corrected chi connectivity index (χ1v) is 7.98. The molecular weight excluding hydrogens is 304 g/mol. The number of nitrogens with zero attached hydrogens (tertiary/aromatic N) is 5. The van der Waals surface area contributed by atoms with Gasteiger partial charge in [-0.2, -0.15) is 0 Å². The summed E-state index contributed by atoms with van der Waals surface area (Å²) < 4.78 is 3.76. The summed E-state index contributed by atoms with van der Waals surface area (Å²) in [6.07, 6.45) is 8.05. The molecule has 7 nitrogen and oxygen atoms in total. The molecule has 1 aliphatic carbocycles. The molecule has 2 N–H and O–H groups in total. The highest BCUT2D eigenvalue weighted by Gasteiger charge is 2.27. The van der Waals surface area contributed by atoms with Gasteiger partial charge in [-0.05, 0) is 12.8 Å². The van der Waals surface area contributed by atoms with Gasteiger partial charge in [-0.3, -0.25) is 0 Å². The van der Waals surface area contributed by atoms with E-state index in [1.54, 1.807) is 6.20 Å². The van der Waals surface area contributed by atoms with E-state index in [0.717, 1.165) is 18.7 Å². The van der Waals surface area contributed by atoms with Crippen LogP contribution < -0.4 is 5.32 Å². The molecule has 0 bridgehead atoms. The topological polar surface area (TPSA) is 80.8 Å². The zero-order chi connectivity index (χ0) is 15.5. The van der Waals surface area contributed by atoms with E-state index >= 15 is 0 Å². The first-order chi connectivity index (χ1) is 10.7. The largest absolute Gasteiger partial charge is 0.390 e. The van der Waals surface area contributed by atoms with E-state index in [1.807, 2.05) is 22.5 Å². The molecule has 0 radical (unpaired) electrons. The second-order valence-electron chi connectivity index (χ2n) is 5.74. The molecule has 1 fully saturated rings. The van der Waals surface area contributed by atoms with Crippen molar-refractivity contribution in [3.63, 3.8) is 0 Å². The van der Waals surface area contributed by atoms with Crippen LogP contribution in [0.25, 0.3) is 0 Å². The van der Waals surface area contributed by atoms with Gasteiger partial charge in [0.05, 0.1) is 31.6 Å². The first-order valence-electron chi connectivity index (χ1n) is 7.60. The third-order valence-corrected chi connectivity index (χ3v) is 4.69. The molecule has 22 heavy (non-hydrogen) atoms. The Morgan fingerprint density at radius 3 is 2.91 bits per heavy atom. The molecule has 2 aromatic heterocycles. The van der Waals surface area contributed by atoms with Crippen LogP contribution in [0.3, 0.4) is 0 Å². The lowest BCUT2D eigenvalue weighted by molar-refractivity contribution is 0.240. The molecule has 0 spiro atoms. The van der Waals surface area contributed by atoms with Crippen LogP contribution >= 0.6 is 11.6 Å². The van der Waals surface area contributed by atoms with Gasteiger partial charge in [0.25, 0.3) is 0 Å². The van der Waals surface area contributed by atoms with Gasteiger partial charge in [0.15, 0.2) is 0 Å². The number of aromatic nitrogens is 5. The number of rotatable bonds is 5. The molecule has 3 rings (SSSR count). The predicted octanol–water partition coefficient (Wildman–Crippen LogP) is 1.43. The summed E-state index contributed by atoms with van der Waals surface area (Å²) in [5, 5.41) is 21.5. The summed E-state index contributed by atoms with van der Waals surface area (Å²) in [5.41, 5.74) is 0.611. The molecule has 0 amide bonds. The lowest BCUT2D eigenvalue weighted by atomic mass is 9.90. The number of imidazole rings is 1. The Labute approximate surface area is 134 Å². The maximum absolute atomic E-state index is 9.15. The second kappa shape index (κ2) is 6.76. The van der Waals surface area contributed by atoms with Crippen LogP contribution in [-0.4, -0.2) is 35.7 Å². The normalized spacial score (nSPS) is 22.1. The van der Waals surface area contributed by atoms with Gasteiger partial charge in [0.2, 0.25) is 0 Å². The van der Waals surface area contributed by atoms with Crippen molar-refractivity contribution in [1.29, 1.82) is 0 Å². The molecule has 0 saturated heterocycles. The molecule has 0 aromatic carbocycles. The predicted molar refractivity (Wildman–Crippen MR) is 82.3 cm³/mol. The second-order valence-corrected chi connectivity index (χ2v) is 6.13. The molecule has 0 unspecified atom stereocenters. The van der Waals surface area contributed by atoms with Gasteiger partial charge in [-0.25, -0.2) is 9.67 Å². The third-order valence-electron chi connectivity index (χ3n) is 4.34. The fourth-order valence-electron chi connectivity index (χ4n) is 3.02. The monoisotopic (exact) mass is 324 g/mol. The first kappa shape index (κ1) is 15.5. The molecule has 1 saturated carbocycles. The van der Waals surface area contributed by atoms with Crippen LogP contribution in [0.5, 0.6) is 0 Å². The number of halogens is 1. The van der Waals surface area contributed by atoms with Crippen LogP contribution in [0.4, 0.5) is 0 Å². The van der Waals surface area contributed by atoms with Crippen molar-refractivity contribution in [2.75, 3.05) is 0 Å². The van der Waals surface area contributed by atoms with E-state index in [2.05, 4.69) is 20.6 Å². The highest BCUT2D eigenvalue weighted by molar-refractivity contribution is 6.29. The fraction of sp³-hybridized carbons (Fsp3) is 0.643. The van der Waals surface area contributed by atoms with Crippen LogP contribution in [-0.2, 0) is 20.2 Å². The summed E-state index contributed by atoms with van der Waals surface area (Å²) in [7, 11) is 1.91. The van der Waals surface area contributed by atoms with Crippen LogP contribution in [0.15, 0.2) is 12.4 Å². The van der Waals surface area contributed by atoms with Crippen molar-refractivity contribution in [2.45, 2.75) is 50.9 Å². The molecule has 0 aliphatic heterocycles. The van der Waals surface area contributed by atoms with Crippen LogP contribution in [0.2, 0.25) is 5.15 Å². The van der Waals surface area contributed by atoms with E-state index in [9.17, 15) is 0 Å². The Morgan fingerprint density at radius 2 is 2.23 bits per heavy atom. The van der Waals surface area contributed by atoms with Crippen molar-refractivity contribution >= 4 is 11.6 Å². The summed E-state index contributed by atoms with van der Waals surface area (Å²) in [6, 6.07) is 0.578. The van der Waals surface area contributed by atoms with Crippen LogP contribution in [0, 0.1) is 0 Å². The molecule has 120 valence electrons. The minimum Gasteiger partial charge on any atom is -0.390 e. The van der Waals surface area contributed by atoms with Gasteiger partial charge < -0.3 is 15.0 Å². The van der Waals surface area contributed by atoms with Crippen molar-refractivity contribution in [3.8, 4) is 0 Å². The smallest absolute Gasteiger partial charge is 0.128 e. The molecular formula is C14H21ClN6O. The van der Waals surface area contributed by atoms with Gasteiger partial charge in [-0.15, -0.1) is 5.10 Å². The van der Waals surface area contributed by atoms with E-state index < -0.39 is 0 Å². The van der Waals surface area contributed by atoms with Gasteiger partial charge >= 0.3 is 0 Å². The number of aliphatic hydroxyl groups is 1. The quantitative estimate of drug-likeness (QED) is 0.869. The van der Waals surface area contributed by atoms with Gasteiger partial charge in [0.1, 0.15) is 16.7 Å². The van der Waals surface area contributed by atoms with Crippen LogP contribution in [0.1, 0.15) is 43.2 Å². The zero-order valence-corrected chi connectivity index (χ0v) is 13.4. The maximum atomic E-state index is 9.15.